The van der Waals surface area contributed by atoms with E-state index in [4.69, 9.17) is 4.74 Å². The van der Waals surface area contributed by atoms with Crippen LogP contribution in [0, 0.1) is 0 Å². The van der Waals surface area contributed by atoms with E-state index in [-0.39, 0.29) is 0 Å². The Kier molecular flexibility index (Phi) is 4.64. The second kappa shape index (κ2) is 5.77. The summed E-state index contributed by atoms with van der Waals surface area (Å²) in [4.78, 5) is 3.89. The summed E-state index contributed by atoms with van der Waals surface area (Å²) >= 11 is 8.84. The molecule has 0 aromatic carbocycles. The molecule has 2 heterocycles. The van der Waals surface area contributed by atoms with Crippen LogP contribution in [-0.2, 0) is 11.3 Å². The molecule has 2 nitrogen and oxygen atoms in total. The maximum Gasteiger partial charge on any atom is 0.0630 e. The normalized spacial score (nSPS) is 23.2. The Morgan fingerprint density at radius 2 is 2.47 bits per heavy atom. The first-order valence-electron chi connectivity index (χ1n) is 4.90. The molecule has 1 saturated heterocycles. The van der Waals surface area contributed by atoms with E-state index in [1.165, 1.54) is 9.35 Å². The minimum Gasteiger partial charge on any atom is -0.378 e. The van der Waals surface area contributed by atoms with E-state index in [1.54, 1.807) is 0 Å². The van der Waals surface area contributed by atoms with Gasteiger partial charge >= 0.3 is 0 Å². The maximum atomic E-state index is 5.47. The molecular weight excluding hydrogens is 342 g/mol. The minimum absolute atomic E-state index is 0.514. The number of hydrogen-bond donors (Lipinski definition) is 0. The van der Waals surface area contributed by atoms with Gasteiger partial charge in [-0.25, -0.2) is 0 Å². The largest absolute Gasteiger partial charge is 0.378 e. The van der Waals surface area contributed by atoms with Crippen LogP contribution in [0.25, 0.3) is 0 Å². The topological polar surface area (TPSA) is 12.5 Å². The standard InChI is InChI=1S/C10H13Br2NOS/c11-4-9-6-14-2-1-13(9)5-10-3-8(12)7-15-10/h3,7,9H,1-2,4-6H2. The number of nitrogens with zero attached hydrogens (tertiary/aromatic N) is 1. The van der Waals surface area contributed by atoms with Crippen molar-refractivity contribution >= 4 is 43.2 Å². The van der Waals surface area contributed by atoms with E-state index >= 15 is 0 Å². The highest BCUT2D eigenvalue weighted by Crippen LogP contribution is 2.23. The van der Waals surface area contributed by atoms with Crippen molar-refractivity contribution in [2.45, 2.75) is 12.6 Å². The van der Waals surface area contributed by atoms with Gasteiger partial charge in [0.05, 0.1) is 13.2 Å². The molecule has 1 aromatic rings. The Labute approximate surface area is 111 Å². The number of thiophene rings is 1. The molecule has 1 aliphatic rings. The molecule has 1 aliphatic heterocycles. The van der Waals surface area contributed by atoms with Crippen LogP contribution in [-0.4, -0.2) is 36.0 Å². The second-order valence-corrected chi connectivity index (χ2v) is 6.14. The number of alkyl halides is 1. The van der Waals surface area contributed by atoms with Crippen LogP contribution in [0.4, 0.5) is 0 Å². The molecule has 0 spiro atoms. The molecule has 84 valence electrons. The van der Waals surface area contributed by atoms with Crippen LogP contribution in [0.2, 0.25) is 0 Å². The molecule has 0 saturated carbocycles. The number of ether oxygens (including phenoxy) is 1. The van der Waals surface area contributed by atoms with Crippen LogP contribution >= 0.6 is 43.2 Å². The van der Waals surface area contributed by atoms with Crippen molar-refractivity contribution in [3.05, 3.63) is 20.8 Å². The van der Waals surface area contributed by atoms with Crippen LogP contribution < -0.4 is 0 Å². The van der Waals surface area contributed by atoms with Gasteiger partial charge in [-0.3, -0.25) is 4.90 Å². The van der Waals surface area contributed by atoms with Crippen molar-refractivity contribution in [2.75, 3.05) is 25.1 Å². The predicted octanol–water partition coefficient (Wildman–Crippen LogP) is 3.11. The minimum atomic E-state index is 0.514. The smallest absolute Gasteiger partial charge is 0.0630 e. The Balaban J connectivity index is 1.97. The lowest BCUT2D eigenvalue weighted by Crippen LogP contribution is -2.45. The van der Waals surface area contributed by atoms with Crippen LogP contribution in [0.1, 0.15) is 4.88 Å². The van der Waals surface area contributed by atoms with E-state index in [0.29, 0.717) is 6.04 Å². The highest BCUT2D eigenvalue weighted by atomic mass is 79.9. The molecule has 0 radical (unpaired) electrons. The highest BCUT2D eigenvalue weighted by molar-refractivity contribution is 9.10. The Morgan fingerprint density at radius 1 is 1.60 bits per heavy atom. The lowest BCUT2D eigenvalue weighted by atomic mass is 10.2. The zero-order valence-electron chi connectivity index (χ0n) is 8.29. The number of rotatable bonds is 3. The molecule has 1 unspecified atom stereocenters. The maximum absolute atomic E-state index is 5.47. The molecular formula is C10H13Br2NOS. The Bertz CT molecular complexity index is 318. The van der Waals surface area contributed by atoms with E-state index in [1.807, 2.05) is 11.3 Å². The summed E-state index contributed by atoms with van der Waals surface area (Å²) in [6.45, 7) is 3.77. The second-order valence-electron chi connectivity index (χ2n) is 3.58. The summed E-state index contributed by atoms with van der Waals surface area (Å²) in [7, 11) is 0. The lowest BCUT2D eigenvalue weighted by Gasteiger charge is -2.34. The van der Waals surface area contributed by atoms with Gasteiger partial charge in [-0.15, -0.1) is 11.3 Å². The number of halogens is 2. The van der Waals surface area contributed by atoms with Crippen LogP contribution in [0.3, 0.4) is 0 Å². The fourth-order valence-corrected chi connectivity index (χ4v) is 3.75. The summed E-state index contributed by atoms with van der Waals surface area (Å²) in [6, 6.07) is 2.71. The predicted molar refractivity (Wildman–Crippen MR) is 70.8 cm³/mol. The third-order valence-electron chi connectivity index (χ3n) is 2.51. The lowest BCUT2D eigenvalue weighted by molar-refractivity contribution is -0.00167. The third-order valence-corrected chi connectivity index (χ3v) is 4.94. The number of morpholine rings is 1. The van der Waals surface area contributed by atoms with Gasteiger partial charge in [-0.05, 0) is 22.0 Å². The quantitative estimate of drug-likeness (QED) is 0.773. The summed E-state index contributed by atoms with van der Waals surface area (Å²) in [5, 5.41) is 3.12. The Morgan fingerprint density at radius 3 is 3.13 bits per heavy atom. The molecule has 1 aromatic heterocycles. The molecule has 5 heteroatoms. The average Bonchev–Trinajstić information content (AvgIpc) is 2.65. The first-order valence-corrected chi connectivity index (χ1v) is 7.69. The zero-order chi connectivity index (χ0) is 10.7. The average molecular weight is 355 g/mol. The van der Waals surface area contributed by atoms with Gasteiger partial charge in [0.25, 0.3) is 0 Å². The highest BCUT2D eigenvalue weighted by Gasteiger charge is 2.22. The van der Waals surface area contributed by atoms with Crippen molar-refractivity contribution in [3.63, 3.8) is 0 Å². The Hall–Kier alpha value is 0.580. The molecule has 1 atom stereocenters. The van der Waals surface area contributed by atoms with Gasteiger partial charge in [-0.1, -0.05) is 15.9 Å². The SMILES string of the molecule is BrCC1COCCN1Cc1cc(Br)cs1. The molecule has 0 N–H and O–H groups in total. The third kappa shape index (κ3) is 3.27. The molecule has 1 fully saturated rings. The van der Waals surface area contributed by atoms with Crippen LogP contribution in [0.5, 0.6) is 0 Å². The summed E-state index contributed by atoms with van der Waals surface area (Å²) in [5.41, 5.74) is 0. The summed E-state index contributed by atoms with van der Waals surface area (Å²) < 4.78 is 6.65. The molecule has 0 amide bonds. The van der Waals surface area contributed by atoms with E-state index < -0.39 is 0 Å². The number of hydrogen-bond acceptors (Lipinski definition) is 3. The van der Waals surface area contributed by atoms with E-state index in [2.05, 4.69) is 48.2 Å². The van der Waals surface area contributed by atoms with Crippen molar-refractivity contribution in [3.8, 4) is 0 Å². The van der Waals surface area contributed by atoms with Gasteiger partial charge < -0.3 is 4.74 Å². The fourth-order valence-electron chi connectivity index (χ4n) is 1.68. The van der Waals surface area contributed by atoms with Crippen LogP contribution in [0.15, 0.2) is 15.9 Å². The fraction of sp³-hybridized carbons (Fsp3) is 0.600. The summed E-state index contributed by atoms with van der Waals surface area (Å²) in [6.07, 6.45) is 0. The van der Waals surface area contributed by atoms with Gasteiger partial charge in [-0.2, -0.15) is 0 Å². The molecule has 15 heavy (non-hydrogen) atoms. The first kappa shape index (κ1) is 12.0. The van der Waals surface area contributed by atoms with E-state index in [0.717, 1.165) is 31.6 Å². The monoisotopic (exact) mass is 353 g/mol. The zero-order valence-corrected chi connectivity index (χ0v) is 12.3. The summed E-state index contributed by atoms with van der Waals surface area (Å²) in [5.74, 6) is 0. The molecule has 0 bridgehead atoms. The van der Waals surface area contributed by atoms with E-state index in [9.17, 15) is 0 Å². The molecule has 0 aliphatic carbocycles. The first-order chi connectivity index (χ1) is 7.29. The molecule has 2 rings (SSSR count). The van der Waals surface area contributed by atoms with Gasteiger partial charge in [0.2, 0.25) is 0 Å². The van der Waals surface area contributed by atoms with Gasteiger partial charge in [0.1, 0.15) is 0 Å². The van der Waals surface area contributed by atoms with Crippen molar-refractivity contribution < 1.29 is 4.74 Å². The van der Waals surface area contributed by atoms with Crippen molar-refractivity contribution in [1.82, 2.24) is 4.90 Å². The van der Waals surface area contributed by atoms with Gasteiger partial charge in [0, 0.05) is 39.2 Å². The van der Waals surface area contributed by atoms with Crippen molar-refractivity contribution in [2.24, 2.45) is 0 Å². The van der Waals surface area contributed by atoms with Crippen molar-refractivity contribution in [1.29, 1.82) is 0 Å². The van der Waals surface area contributed by atoms with Gasteiger partial charge in [0.15, 0.2) is 0 Å².